The summed E-state index contributed by atoms with van der Waals surface area (Å²) in [6.07, 6.45) is -15.2. The number of pyridine rings is 1. The number of nitrogens with one attached hydrogen (secondary N) is 2. The molecular formula is C63H66ClF10N8O15PS2. The van der Waals surface area contributed by atoms with Crippen LogP contribution in [0.1, 0.15) is 143 Å². The summed E-state index contributed by atoms with van der Waals surface area (Å²) < 4.78 is 234. The first-order chi connectivity index (χ1) is 46.0. The molecular weight excluding hydrogens is 1430 g/mol. The minimum absolute atomic E-state index is 0.0855. The van der Waals surface area contributed by atoms with Crippen LogP contribution in [0.3, 0.4) is 0 Å². The van der Waals surface area contributed by atoms with Crippen LogP contribution in [0.25, 0.3) is 22.0 Å². The third-order valence-corrected chi connectivity index (χ3v) is 20.8. The van der Waals surface area contributed by atoms with Gasteiger partial charge in [0.1, 0.15) is 52.7 Å². The minimum atomic E-state index is -5.28. The average Bonchev–Trinajstić information content (AvgIpc) is 1.52. The zero-order valence-electron chi connectivity index (χ0n) is 54.7. The second-order valence-corrected chi connectivity index (χ2v) is 31.2. The van der Waals surface area contributed by atoms with Gasteiger partial charge in [0, 0.05) is 57.7 Å². The fourth-order valence-electron chi connectivity index (χ4n) is 11.7. The lowest BCUT2D eigenvalue weighted by Crippen LogP contribution is -2.43. The molecule has 2 aliphatic rings. The molecule has 0 radical (unpaired) electrons. The number of aryl methyl sites for hydroxylation is 1. The summed E-state index contributed by atoms with van der Waals surface area (Å²) in [6.45, 7) is 7.93. The number of hydrogen-bond acceptors (Lipinski definition) is 16. The molecule has 2 aliphatic carbocycles. The van der Waals surface area contributed by atoms with Crippen LogP contribution in [0.2, 0.25) is 5.02 Å². The summed E-state index contributed by atoms with van der Waals surface area (Å²) in [5.41, 5.74) is -8.64. The van der Waals surface area contributed by atoms with Crippen molar-refractivity contribution in [3.05, 3.63) is 128 Å². The Bertz CT molecular complexity index is 4560. The standard InChI is InChI=1S/C63H66ClF10N8O15PS2/c1-30(2)95-98(90,96-31(3)4)97-46-18-32(5)17-34(22-47(83)77-44(58(88)89)25-50(86)87)53(46)59(6,7)26-49(85)82(99(91)92)27-45-52-42(64)14-13-39(55(52)81(78-45)29-61(67,68)69)38-12-11-37(15-16-60(8,9)100(10,93)94)75-54(38)43(21-33-19-35(65)23-36(66)20-33)76-48(84)28-80-57-51(56(79-80)63(72,73)74)40-24-41(40)62(57,70)71/h11-14,17-20,23,30-31,40-41,43-44,99H,21-22,24-29H2,1-10H3,(H,76,84)(H,77,83)(H,86,87)(H,88,89)/t40-,41+,43-,44+/m0/s1. The van der Waals surface area contributed by atoms with Crippen molar-refractivity contribution in [2.75, 3.05) is 6.26 Å². The number of alkyl halides is 8. The number of benzene rings is 3. The highest BCUT2D eigenvalue weighted by molar-refractivity contribution is 7.92. The summed E-state index contributed by atoms with van der Waals surface area (Å²) in [5.74, 6) is -11.5. The maximum absolute atomic E-state index is 15.8. The molecule has 8 rings (SSSR count). The SMILES string of the molecule is Cc1cc(CC(=O)N[C@H](CC(=O)O)C(=O)O)c(C(C)(C)CC(=O)N(Cc2nn(CC(F)(F)F)c3c(-c4ccc(C#CC(C)(C)S(C)(=O)=O)nc4[C@H](Cc4cc(F)cc(F)c4)NC(=O)Cn4nc(C(F)(F)F)c5c4C(F)(F)[C@@H]4C[C@H]54)ccc(Cl)c23)[SH](=O)=O)c(OP(=O)(OC(C)C)OC(C)C)c1. The van der Waals surface area contributed by atoms with Crippen LogP contribution in [0.5, 0.6) is 5.75 Å². The van der Waals surface area contributed by atoms with Crippen molar-refractivity contribution >= 4 is 80.7 Å². The second-order valence-electron chi connectivity index (χ2n) is 25.8. The van der Waals surface area contributed by atoms with Gasteiger partial charge in [0.05, 0.1) is 59.6 Å². The molecule has 0 unspecified atom stereocenters. The van der Waals surface area contributed by atoms with Crippen LogP contribution in [0.15, 0.2) is 54.6 Å². The van der Waals surface area contributed by atoms with E-state index in [0.717, 1.165) is 42.7 Å². The molecule has 542 valence electrons. The first-order valence-corrected chi connectivity index (χ1v) is 35.1. The number of carboxylic acids is 2. The molecule has 1 fully saturated rings. The Morgan fingerprint density at radius 3 is 2.06 bits per heavy atom. The van der Waals surface area contributed by atoms with E-state index < -0.39 is 224 Å². The predicted octanol–water partition coefficient (Wildman–Crippen LogP) is 10.7. The van der Waals surface area contributed by atoms with Crippen LogP contribution in [-0.4, -0.2) is 121 Å². The molecule has 1 saturated carbocycles. The van der Waals surface area contributed by atoms with Gasteiger partial charge in [-0.2, -0.15) is 45.3 Å². The van der Waals surface area contributed by atoms with Crippen LogP contribution < -0.4 is 15.2 Å². The zero-order chi connectivity index (χ0) is 74.6. The number of aromatic nitrogens is 5. The summed E-state index contributed by atoms with van der Waals surface area (Å²) in [5, 5.41) is 30.3. The molecule has 0 saturated heterocycles. The van der Waals surface area contributed by atoms with E-state index in [1.807, 2.05) is 0 Å². The summed E-state index contributed by atoms with van der Waals surface area (Å²) in [6, 6.07) is 5.31. The van der Waals surface area contributed by atoms with Gasteiger partial charge in [-0.25, -0.2) is 44.3 Å². The van der Waals surface area contributed by atoms with Gasteiger partial charge in [-0.1, -0.05) is 43.5 Å². The van der Waals surface area contributed by atoms with Gasteiger partial charge >= 0.3 is 32.1 Å². The maximum atomic E-state index is 15.8. The highest BCUT2D eigenvalue weighted by atomic mass is 35.5. The molecule has 3 aromatic heterocycles. The molecule has 3 amide bonds. The number of hydrogen-bond donors (Lipinski definition) is 5. The number of carbonyl (C=O) groups is 5. The fourth-order valence-corrected chi connectivity index (χ4v) is 14.3. The first-order valence-electron chi connectivity index (χ1n) is 30.3. The second kappa shape index (κ2) is 28.7. The number of aliphatic carboxylic acids is 2. The first kappa shape index (κ1) is 77.6. The number of nitrogens with zero attached hydrogens (tertiary/aromatic N) is 6. The molecule has 6 aromatic rings. The van der Waals surface area contributed by atoms with Gasteiger partial charge in [-0.05, 0) is 126 Å². The van der Waals surface area contributed by atoms with E-state index in [1.54, 1.807) is 0 Å². The summed E-state index contributed by atoms with van der Waals surface area (Å²) >= 11 is 6.86. The van der Waals surface area contributed by atoms with Crippen molar-refractivity contribution in [2.45, 2.75) is 173 Å². The summed E-state index contributed by atoms with van der Waals surface area (Å²) in [4.78, 5) is 71.2. The van der Waals surface area contributed by atoms with Gasteiger partial charge < -0.3 is 25.4 Å². The molecule has 0 bridgehead atoms. The van der Waals surface area contributed by atoms with E-state index in [9.17, 15) is 68.8 Å². The van der Waals surface area contributed by atoms with Gasteiger partial charge in [-0.3, -0.25) is 37.6 Å². The maximum Gasteiger partial charge on any atom is 0.530 e. The Labute approximate surface area is 571 Å². The number of phosphoric acid groups is 1. The molecule has 100 heavy (non-hydrogen) atoms. The average molecular weight is 1500 g/mol. The number of thiol groups is 1. The van der Waals surface area contributed by atoms with E-state index in [4.69, 9.17) is 25.2 Å². The number of rotatable bonds is 27. The van der Waals surface area contributed by atoms with E-state index in [0.29, 0.717) is 10.7 Å². The molecule has 0 spiro atoms. The number of phosphoric ester groups is 1. The third-order valence-electron chi connectivity index (χ3n) is 16.0. The quantitative estimate of drug-likeness (QED) is 0.0138. The Hall–Kier alpha value is -8.16. The Kier molecular flexibility index (Phi) is 22.3. The number of sulfone groups is 1. The minimum Gasteiger partial charge on any atom is -0.481 e. The lowest BCUT2D eigenvalue weighted by atomic mass is 9.77. The van der Waals surface area contributed by atoms with Crippen molar-refractivity contribution in [3.8, 4) is 28.7 Å². The van der Waals surface area contributed by atoms with Crippen molar-refractivity contribution in [1.82, 2.24) is 39.5 Å². The molecule has 3 heterocycles. The van der Waals surface area contributed by atoms with Crippen molar-refractivity contribution in [2.24, 2.45) is 5.92 Å². The highest BCUT2D eigenvalue weighted by Crippen LogP contribution is 2.68. The Morgan fingerprint density at radius 2 is 1.50 bits per heavy atom. The number of fused-ring (bicyclic) bond motifs is 4. The molecule has 0 aliphatic heterocycles. The monoisotopic (exact) mass is 1490 g/mol. The van der Waals surface area contributed by atoms with Gasteiger partial charge in [0.25, 0.3) is 5.92 Å². The van der Waals surface area contributed by atoms with Crippen LogP contribution in [0, 0.1) is 36.3 Å². The number of carbonyl (C=O) groups excluding carboxylic acids is 3. The Balaban J connectivity index is 1.29. The molecule has 4 atom stereocenters. The van der Waals surface area contributed by atoms with Crippen LogP contribution in [-0.2, 0) is 108 Å². The fraction of sp³-hybridized carbons (Fsp3) is 0.460. The Morgan fingerprint density at radius 1 is 0.880 bits per heavy atom. The smallest absolute Gasteiger partial charge is 0.481 e. The van der Waals surface area contributed by atoms with E-state index in [1.165, 1.54) is 74.4 Å². The van der Waals surface area contributed by atoms with E-state index in [2.05, 4.69) is 37.7 Å². The third kappa shape index (κ3) is 17.8. The van der Waals surface area contributed by atoms with Gasteiger partial charge in [0.2, 0.25) is 28.6 Å². The zero-order valence-corrected chi connectivity index (χ0v) is 58.0. The van der Waals surface area contributed by atoms with Gasteiger partial charge in [0.15, 0.2) is 15.5 Å². The van der Waals surface area contributed by atoms with E-state index in [-0.39, 0.29) is 60.2 Å². The molecule has 23 nitrogen and oxygen atoms in total. The van der Waals surface area contributed by atoms with Crippen LogP contribution >= 0.6 is 19.4 Å². The number of halogens is 11. The van der Waals surface area contributed by atoms with E-state index >= 15 is 30.7 Å². The van der Waals surface area contributed by atoms with Crippen molar-refractivity contribution < 1.29 is 113 Å². The van der Waals surface area contributed by atoms with Crippen molar-refractivity contribution in [1.29, 1.82) is 0 Å². The molecule has 4 N–H and O–H groups in total. The van der Waals surface area contributed by atoms with Crippen LogP contribution in [0.4, 0.5) is 43.9 Å². The van der Waals surface area contributed by atoms with Crippen molar-refractivity contribution in [3.63, 3.8) is 0 Å². The van der Waals surface area contributed by atoms with Gasteiger partial charge in [-0.15, -0.1) is 0 Å². The summed E-state index contributed by atoms with van der Waals surface area (Å²) in [7, 11) is -12.9. The predicted molar refractivity (Wildman–Crippen MR) is 339 cm³/mol. The number of carboxylic acid groups (broad SMARTS) is 2. The normalized spacial score (nSPS) is 16.0. The lowest BCUT2D eigenvalue weighted by Gasteiger charge is -2.32. The number of amides is 3. The molecule has 37 heteroatoms. The topological polar surface area (TPSA) is 315 Å². The lowest BCUT2D eigenvalue weighted by molar-refractivity contribution is -0.147. The highest BCUT2D eigenvalue weighted by Gasteiger charge is 2.68. The molecule has 3 aromatic carbocycles. The largest absolute Gasteiger partial charge is 0.530 e.